The number of hydrogen-bond acceptors (Lipinski definition) is 14. The van der Waals surface area contributed by atoms with Gasteiger partial charge in [0.1, 0.15) is 25.4 Å². The Kier molecular flexibility index (Phi) is 55.1. The summed E-state index contributed by atoms with van der Waals surface area (Å²) in [6.07, 6.45) is 65.4. The van der Waals surface area contributed by atoms with Gasteiger partial charge in [0.15, 0.2) is 6.10 Å². The largest absolute Gasteiger partial charge is 0.472 e. The summed E-state index contributed by atoms with van der Waals surface area (Å²) in [5.41, 5.74) is 0. The van der Waals surface area contributed by atoms with E-state index in [0.717, 1.165) is 122 Å². The molecule has 0 aromatic rings. The fraction of sp³-hybridized carbons (Fsp3) is 0.615. The monoisotopic (exact) mass is 1200 g/mol. The average Bonchev–Trinajstić information content (AvgIpc) is 3.47. The smallest absolute Gasteiger partial charge is 0.463 e. The molecule has 18 heteroatoms. The normalized spacial score (nSPS) is 15.3. The lowest BCUT2D eigenvalue weighted by molar-refractivity contribution is -0.161. The lowest BCUT2D eigenvalue weighted by Gasteiger charge is -2.21. The Bertz CT molecular complexity index is 2050. The van der Waals surface area contributed by atoms with Gasteiger partial charge in [-0.1, -0.05) is 199 Å². The summed E-state index contributed by atoms with van der Waals surface area (Å²) in [5.74, 6) is -1.71. The molecule has 5 unspecified atom stereocenters. The van der Waals surface area contributed by atoms with Crippen LogP contribution in [0, 0.1) is 0 Å². The molecule has 0 rings (SSSR count). The van der Waals surface area contributed by atoms with E-state index in [9.17, 15) is 43.5 Å². The number of allylic oxidation sites excluding steroid dienone is 22. The van der Waals surface area contributed by atoms with E-state index in [4.69, 9.17) is 32.3 Å². The van der Waals surface area contributed by atoms with Crippen LogP contribution in [0.1, 0.15) is 201 Å². The van der Waals surface area contributed by atoms with Gasteiger partial charge >= 0.3 is 33.6 Å². The molecule has 5 atom stereocenters. The van der Waals surface area contributed by atoms with Crippen LogP contribution < -0.4 is 0 Å². The number of carbonyl (C=O) groups excluding carboxylic acids is 3. The molecular weight excluding hydrogens is 1100 g/mol. The molecule has 0 aromatic carbocycles. The quantitative estimate of drug-likeness (QED) is 0.0146. The SMILES string of the molecule is CC/C=C\C/C=C\C/C=C\C/C=C\C/C=C\C/C=C\CCC(=O)OCC(O)COP(=O)(O)OCC(O)COP(=O)(O)OCC(COC(=O)CCCCCC/C=C\C/C=C\C/C=C\C/C=C\CC)OC(=O)CCCCCCC/C=C\CCCC. The molecule has 0 radical (unpaired) electrons. The maximum absolute atomic E-state index is 12.8. The van der Waals surface area contributed by atoms with Crippen molar-refractivity contribution in [3.8, 4) is 0 Å². The molecule has 0 heterocycles. The number of unbranched alkanes of at least 4 members (excludes halogenated alkanes) is 11. The second-order valence-corrected chi connectivity index (χ2v) is 22.6. The van der Waals surface area contributed by atoms with E-state index in [2.05, 4.69) is 136 Å². The third-order valence-electron chi connectivity index (χ3n) is 11.9. The molecule has 0 aromatic heterocycles. The molecule has 16 nitrogen and oxygen atoms in total. The maximum atomic E-state index is 12.8. The first-order valence-electron chi connectivity index (χ1n) is 30.5. The molecule has 0 aliphatic rings. The molecule has 472 valence electrons. The standard InChI is InChI=1S/C65H106O16P2/c1-4-7-10-13-16-19-22-24-26-28-29-31-33-34-37-39-42-45-48-51-63(68)75-54-60(66)55-77-82(71,72)78-56-61(67)57-79-83(73,74)80-59-62(81-65(70)53-50-47-44-41-36-21-18-15-12-9-6-3)58-76-64(69)52-49-46-43-40-38-35-32-30-27-25-23-20-17-14-11-8-5-2/h7-8,10-11,15-20,24-27,29,31-32,34-35,37,42,45,60-62,66-67H,4-6,9,12-14,21-23,28,30,33,36,38-41,43-44,46-59H2,1-3H3,(H,71,72)(H,73,74)/b10-7-,11-8-,18-15-,19-16-,20-17-,26-24-,27-25-,31-29-,35-32-,37-34-,45-42-. The molecule has 0 aliphatic heterocycles. The van der Waals surface area contributed by atoms with Crippen LogP contribution in [0.2, 0.25) is 0 Å². The van der Waals surface area contributed by atoms with Crippen molar-refractivity contribution < 1.29 is 75.8 Å². The van der Waals surface area contributed by atoms with Crippen molar-refractivity contribution in [1.29, 1.82) is 0 Å². The van der Waals surface area contributed by atoms with Crippen LogP contribution in [0.4, 0.5) is 0 Å². The number of hydrogen-bond donors (Lipinski definition) is 4. The van der Waals surface area contributed by atoms with E-state index in [0.29, 0.717) is 25.7 Å². The van der Waals surface area contributed by atoms with Crippen molar-refractivity contribution in [3.63, 3.8) is 0 Å². The van der Waals surface area contributed by atoms with Crippen LogP contribution in [0.5, 0.6) is 0 Å². The number of phosphoric acid groups is 2. The van der Waals surface area contributed by atoms with Crippen LogP contribution in [0.3, 0.4) is 0 Å². The summed E-state index contributed by atoms with van der Waals surface area (Å²) in [6.45, 7) is 2.21. The van der Waals surface area contributed by atoms with Gasteiger partial charge in [-0.15, -0.1) is 0 Å². The molecular formula is C65H106O16P2. The summed E-state index contributed by atoms with van der Waals surface area (Å²) >= 11 is 0. The summed E-state index contributed by atoms with van der Waals surface area (Å²) < 4.78 is 60.5. The van der Waals surface area contributed by atoms with Crippen molar-refractivity contribution in [2.24, 2.45) is 0 Å². The number of phosphoric ester groups is 2. The number of aliphatic hydroxyl groups excluding tert-OH is 2. The minimum Gasteiger partial charge on any atom is -0.463 e. The Labute approximate surface area is 499 Å². The molecule has 0 bridgehead atoms. The molecule has 0 fully saturated rings. The first-order chi connectivity index (χ1) is 40.2. The summed E-state index contributed by atoms with van der Waals surface area (Å²) in [5, 5.41) is 20.4. The summed E-state index contributed by atoms with van der Waals surface area (Å²) in [6, 6.07) is 0. The van der Waals surface area contributed by atoms with Crippen molar-refractivity contribution in [2.75, 3.05) is 39.6 Å². The van der Waals surface area contributed by atoms with Gasteiger partial charge in [0, 0.05) is 19.3 Å². The zero-order chi connectivity index (χ0) is 61.0. The van der Waals surface area contributed by atoms with E-state index in [1.54, 1.807) is 0 Å². The van der Waals surface area contributed by atoms with Gasteiger partial charge in [-0.25, -0.2) is 9.13 Å². The lowest BCUT2D eigenvalue weighted by atomic mass is 10.1. The first kappa shape index (κ1) is 78.7. The Morgan fingerprint density at radius 3 is 1.10 bits per heavy atom. The third-order valence-corrected chi connectivity index (χ3v) is 13.8. The minimum absolute atomic E-state index is 0.0559. The van der Waals surface area contributed by atoms with Gasteiger partial charge in [0.2, 0.25) is 0 Å². The second kappa shape index (κ2) is 58.1. The molecule has 0 aliphatic carbocycles. The number of ether oxygens (including phenoxy) is 3. The molecule has 4 N–H and O–H groups in total. The van der Waals surface area contributed by atoms with Gasteiger partial charge in [0.25, 0.3) is 0 Å². The Hall–Kier alpha value is -4.31. The second-order valence-electron chi connectivity index (χ2n) is 19.7. The van der Waals surface area contributed by atoms with E-state index >= 15 is 0 Å². The molecule has 0 saturated heterocycles. The highest BCUT2D eigenvalue weighted by Crippen LogP contribution is 2.45. The van der Waals surface area contributed by atoms with Crippen LogP contribution in [-0.4, -0.2) is 95.9 Å². The van der Waals surface area contributed by atoms with E-state index in [1.807, 2.05) is 18.2 Å². The van der Waals surface area contributed by atoms with Crippen molar-refractivity contribution in [2.45, 2.75) is 219 Å². The molecule has 0 saturated carbocycles. The van der Waals surface area contributed by atoms with Crippen molar-refractivity contribution in [1.82, 2.24) is 0 Å². The fourth-order valence-electron chi connectivity index (χ4n) is 7.21. The highest BCUT2D eigenvalue weighted by molar-refractivity contribution is 7.47. The van der Waals surface area contributed by atoms with Crippen LogP contribution in [0.25, 0.3) is 0 Å². The molecule has 83 heavy (non-hydrogen) atoms. The zero-order valence-electron chi connectivity index (χ0n) is 50.6. The molecule has 0 spiro atoms. The van der Waals surface area contributed by atoms with E-state index in [-0.39, 0.29) is 19.3 Å². The number of carbonyl (C=O) groups is 3. The van der Waals surface area contributed by atoms with Gasteiger partial charge in [-0.3, -0.25) is 32.5 Å². The number of aliphatic hydroxyl groups is 2. The lowest BCUT2D eigenvalue weighted by Crippen LogP contribution is -2.30. The van der Waals surface area contributed by atoms with Crippen LogP contribution >= 0.6 is 15.6 Å². The van der Waals surface area contributed by atoms with Crippen molar-refractivity contribution in [3.05, 3.63) is 134 Å². The Balaban J connectivity index is 4.73. The fourth-order valence-corrected chi connectivity index (χ4v) is 8.80. The zero-order valence-corrected chi connectivity index (χ0v) is 52.3. The average molecular weight is 1210 g/mol. The van der Waals surface area contributed by atoms with E-state index < -0.39 is 91.5 Å². The van der Waals surface area contributed by atoms with Crippen LogP contribution in [-0.2, 0) is 55.8 Å². The molecule has 0 amide bonds. The first-order valence-corrected chi connectivity index (χ1v) is 33.5. The minimum atomic E-state index is -4.93. The highest BCUT2D eigenvalue weighted by Gasteiger charge is 2.29. The Morgan fingerprint density at radius 2 is 0.663 bits per heavy atom. The predicted molar refractivity (Wildman–Crippen MR) is 334 cm³/mol. The van der Waals surface area contributed by atoms with E-state index in [1.165, 1.54) is 12.8 Å². The summed E-state index contributed by atoms with van der Waals surface area (Å²) in [7, 11) is -9.80. The topological polar surface area (TPSA) is 231 Å². The third kappa shape index (κ3) is 59.2. The van der Waals surface area contributed by atoms with Crippen LogP contribution in [0.15, 0.2) is 134 Å². The van der Waals surface area contributed by atoms with Gasteiger partial charge in [0.05, 0.1) is 26.4 Å². The number of rotatable bonds is 56. The van der Waals surface area contributed by atoms with Gasteiger partial charge in [-0.2, -0.15) is 0 Å². The van der Waals surface area contributed by atoms with Crippen molar-refractivity contribution >= 4 is 33.6 Å². The highest BCUT2D eigenvalue weighted by atomic mass is 31.2. The Morgan fingerprint density at radius 1 is 0.349 bits per heavy atom. The van der Waals surface area contributed by atoms with Gasteiger partial charge < -0.3 is 34.2 Å². The predicted octanol–water partition coefficient (Wildman–Crippen LogP) is 16.1. The van der Waals surface area contributed by atoms with Gasteiger partial charge in [-0.05, 0) is 116 Å². The maximum Gasteiger partial charge on any atom is 0.472 e. The summed E-state index contributed by atoms with van der Waals surface area (Å²) in [4.78, 5) is 58.0. The number of esters is 3.